The Kier molecular flexibility index (Phi) is 12.3. The third kappa shape index (κ3) is 13.3. The van der Waals surface area contributed by atoms with Crippen LogP contribution in [0.2, 0.25) is 0 Å². The molecule has 128 valence electrons. The third-order valence-corrected chi connectivity index (χ3v) is 5.26. The highest BCUT2D eigenvalue weighted by molar-refractivity contribution is 7.86. The predicted molar refractivity (Wildman–Crippen MR) is 88.1 cm³/mol. The van der Waals surface area contributed by atoms with Crippen LogP contribution in [0.15, 0.2) is 0 Å². The van der Waals surface area contributed by atoms with Crippen LogP contribution in [0.25, 0.3) is 0 Å². The van der Waals surface area contributed by atoms with Crippen LogP contribution < -0.4 is 0 Å². The fraction of sp³-hybridized carbons (Fsp3) is 1.00. The second kappa shape index (κ2) is 12.4. The first-order valence-corrected chi connectivity index (χ1v) is 10.0. The summed E-state index contributed by atoms with van der Waals surface area (Å²) >= 11 is 0. The maximum atomic E-state index is 11.4. The third-order valence-electron chi connectivity index (χ3n) is 3.95. The number of unbranched alkanes of at least 4 members (excludes halogenated alkanes) is 7. The molecule has 0 aliphatic rings. The van der Waals surface area contributed by atoms with Gasteiger partial charge in [0.1, 0.15) is 0 Å². The lowest BCUT2D eigenvalue weighted by molar-refractivity contribution is 0.180. The molecule has 0 bridgehead atoms. The van der Waals surface area contributed by atoms with Gasteiger partial charge in [-0.2, -0.15) is 8.42 Å². The van der Waals surface area contributed by atoms with Crippen LogP contribution in [-0.2, 0) is 10.1 Å². The van der Waals surface area contributed by atoms with Crippen molar-refractivity contribution in [3.8, 4) is 0 Å². The first-order chi connectivity index (χ1) is 9.88. The van der Waals surface area contributed by atoms with Crippen LogP contribution >= 0.6 is 0 Å². The number of aliphatic hydroxyl groups is 1. The predicted octanol–water partition coefficient (Wildman–Crippen LogP) is 4.32. The molecule has 4 nitrogen and oxygen atoms in total. The molecular formula is C16H34O4S. The maximum Gasteiger partial charge on any atom is 0.267 e. The van der Waals surface area contributed by atoms with Crippen molar-refractivity contribution in [3.63, 3.8) is 0 Å². The molecular weight excluding hydrogens is 288 g/mol. The van der Waals surface area contributed by atoms with Gasteiger partial charge in [0.05, 0.1) is 11.4 Å². The summed E-state index contributed by atoms with van der Waals surface area (Å²) in [5, 5.41) is 8.56. The molecule has 2 N–H and O–H groups in total. The fourth-order valence-electron chi connectivity index (χ4n) is 2.58. The molecule has 0 radical (unpaired) electrons. The van der Waals surface area contributed by atoms with Gasteiger partial charge in [0, 0.05) is 0 Å². The average molecular weight is 323 g/mol. The Morgan fingerprint density at radius 3 is 1.62 bits per heavy atom. The summed E-state index contributed by atoms with van der Waals surface area (Å²) in [6.45, 7) is 3.94. The average Bonchev–Trinajstić information content (AvgIpc) is 2.38. The molecule has 2 atom stereocenters. The van der Waals surface area contributed by atoms with Gasteiger partial charge in [-0.3, -0.25) is 4.55 Å². The first kappa shape index (κ1) is 20.9. The van der Waals surface area contributed by atoms with Gasteiger partial charge >= 0.3 is 0 Å². The summed E-state index contributed by atoms with van der Waals surface area (Å²) in [7, 11) is -3.90. The topological polar surface area (TPSA) is 74.6 Å². The minimum Gasteiger partial charge on any atom is -0.393 e. The zero-order chi connectivity index (χ0) is 16.1. The van der Waals surface area contributed by atoms with Crippen LogP contribution in [0, 0.1) is 0 Å². The van der Waals surface area contributed by atoms with E-state index in [4.69, 9.17) is 5.11 Å². The van der Waals surface area contributed by atoms with E-state index in [0.717, 1.165) is 51.4 Å². The summed E-state index contributed by atoms with van der Waals surface area (Å²) in [4.78, 5) is 0. The zero-order valence-corrected chi connectivity index (χ0v) is 14.6. The van der Waals surface area contributed by atoms with E-state index in [1.807, 2.05) is 0 Å². The molecule has 0 aliphatic carbocycles. The van der Waals surface area contributed by atoms with E-state index in [0.29, 0.717) is 12.8 Å². The van der Waals surface area contributed by atoms with Crippen molar-refractivity contribution in [2.75, 3.05) is 0 Å². The summed E-state index contributed by atoms with van der Waals surface area (Å²) < 4.78 is 32.1. The van der Waals surface area contributed by atoms with Crippen molar-refractivity contribution in [1.82, 2.24) is 0 Å². The van der Waals surface area contributed by atoms with E-state index in [9.17, 15) is 13.0 Å². The van der Waals surface area contributed by atoms with Gasteiger partial charge in [-0.1, -0.05) is 64.7 Å². The Labute approximate surface area is 131 Å². The van der Waals surface area contributed by atoms with Gasteiger partial charge in [0.25, 0.3) is 10.1 Å². The van der Waals surface area contributed by atoms with Crippen LogP contribution in [0.4, 0.5) is 0 Å². The van der Waals surface area contributed by atoms with E-state index < -0.39 is 15.4 Å². The number of rotatable bonds is 14. The lowest BCUT2D eigenvalue weighted by atomic mass is 10.0. The highest BCUT2D eigenvalue weighted by atomic mass is 32.2. The Balaban J connectivity index is 3.82. The van der Waals surface area contributed by atoms with Gasteiger partial charge in [0.2, 0.25) is 0 Å². The Bertz CT molecular complexity index is 325. The first-order valence-electron chi connectivity index (χ1n) is 8.52. The second-order valence-corrected chi connectivity index (χ2v) is 7.88. The molecule has 0 aromatic heterocycles. The lowest BCUT2D eigenvalue weighted by Gasteiger charge is -2.13. The number of hydrogen-bond acceptors (Lipinski definition) is 3. The molecule has 0 amide bonds. The van der Waals surface area contributed by atoms with E-state index in [1.54, 1.807) is 6.92 Å². The largest absolute Gasteiger partial charge is 0.393 e. The van der Waals surface area contributed by atoms with E-state index >= 15 is 0 Å². The highest BCUT2D eigenvalue weighted by Crippen LogP contribution is 2.18. The Morgan fingerprint density at radius 2 is 1.24 bits per heavy atom. The van der Waals surface area contributed by atoms with E-state index in [-0.39, 0.29) is 6.10 Å². The molecule has 0 spiro atoms. The maximum absolute atomic E-state index is 11.4. The van der Waals surface area contributed by atoms with Crippen LogP contribution in [0.5, 0.6) is 0 Å². The molecule has 0 rings (SSSR count). The van der Waals surface area contributed by atoms with Crippen molar-refractivity contribution in [2.45, 2.75) is 102 Å². The molecule has 21 heavy (non-hydrogen) atoms. The van der Waals surface area contributed by atoms with Crippen molar-refractivity contribution in [1.29, 1.82) is 0 Å². The smallest absolute Gasteiger partial charge is 0.267 e. The Morgan fingerprint density at radius 1 is 0.810 bits per heavy atom. The normalized spacial score (nSPS) is 15.0. The van der Waals surface area contributed by atoms with Crippen LogP contribution in [0.3, 0.4) is 0 Å². The van der Waals surface area contributed by atoms with Crippen LogP contribution in [-0.4, -0.2) is 29.4 Å². The molecule has 0 aliphatic heterocycles. The summed E-state index contributed by atoms with van der Waals surface area (Å²) in [5.41, 5.74) is 0. The van der Waals surface area contributed by atoms with Gasteiger partial charge in [-0.25, -0.2) is 0 Å². The van der Waals surface area contributed by atoms with Crippen molar-refractivity contribution in [2.24, 2.45) is 0 Å². The standard InChI is InChI=1S/C16H34O4S/c1-3-4-5-6-10-13-16(21(18,19)20)14-11-8-7-9-12-15(2)17/h15-17H,3-14H2,1-2H3,(H,18,19,20). The molecule has 0 aromatic rings. The minimum absolute atomic E-state index is 0.251. The van der Waals surface area contributed by atoms with Gasteiger partial charge < -0.3 is 5.11 Å². The quantitative estimate of drug-likeness (QED) is 0.369. The summed E-state index contributed by atoms with van der Waals surface area (Å²) in [6.07, 6.45) is 10.9. The minimum atomic E-state index is -3.90. The molecule has 0 aromatic carbocycles. The van der Waals surface area contributed by atoms with Crippen molar-refractivity contribution < 1.29 is 18.1 Å². The molecule has 0 fully saturated rings. The van der Waals surface area contributed by atoms with Crippen molar-refractivity contribution >= 4 is 10.1 Å². The van der Waals surface area contributed by atoms with Gasteiger partial charge in [-0.05, 0) is 26.2 Å². The fourth-order valence-corrected chi connectivity index (χ4v) is 3.51. The SMILES string of the molecule is CCCCCCCC(CCCCCCC(C)O)S(=O)(=O)O. The lowest BCUT2D eigenvalue weighted by Crippen LogP contribution is -2.20. The monoisotopic (exact) mass is 322 g/mol. The van der Waals surface area contributed by atoms with Gasteiger partial charge in [-0.15, -0.1) is 0 Å². The summed E-state index contributed by atoms with van der Waals surface area (Å²) in [6, 6.07) is 0. The Hall–Kier alpha value is -0.130. The second-order valence-electron chi connectivity index (χ2n) is 6.18. The van der Waals surface area contributed by atoms with Crippen molar-refractivity contribution in [3.05, 3.63) is 0 Å². The van der Waals surface area contributed by atoms with Gasteiger partial charge in [0.15, 0.2) is 0 Å². The molecule has 0 heterocycles. The molecule has 0 saturated carbocycles. The molecule has 0 saturated heterocycles. The summed E-state index contributed by atoms with van der Waals surface area (Å²) in [5.74, 6) is 0. The number of hydrogen-bond donors (Lipinski definition) is 2. The molecule has 2 unspecified atom stereocenters. The number of aliphatic hydroxyl groups excluding tert-OH is 1. The van der Waals surface area contributed by atoms with Crippen LogP contribution in [0.1, 0.15) is 90.9 Å². The molecule has 5 heteroatoms. The van der Waals surface area contributed by atoms with E-state index in [1.165, 1.54) is 12.8 Å². The van der Waals surface area contributed by atoms with E-state index in [2.05, 4.69) is 6.92 Å². The highest BCUT2D eigenvalue weighted by Gasteiger charge is 2.21. The zero-order valence-electron chi connectivity index (χ0n) is 13.8.